The summed E-state index contributed by atoms with van der Waals surface area (Å²) in [6, 6.07) is 2.06. The highest BCUT2D eigenvalue weighted by molar-refractivity contribution is 5.87. The average molecular weight is 293 g/mol. The number of nitriles is 1. The number of hydrogen-bond donors (Lipinski definition) is 1. The maximum atomic E-state index is 12.4. The van der Waals surface area contributed by atoms with Gasteiger partial charge in [-0.15, -0.1) is 0 Å². The van der Waals surface area contributed by atoms with Gasteiger partial charge in [-0.05, 0) is 38.0 Å². The summed E-state index contributed by atoms with van der Waals surface area (Å²) >= 11 is 0. The molecule has 0 bridgehead atoms. The smallest absolute Gasteiger partial charge is 0.251 e. The highest BCUT2D eigenvalue weighted by Gasteiger charge is 2.30. The lowest BCUT2D eigenvalue weighted by atomic mass is 10.2. The lowest BCUT2D eigenvalue weighted by molar-refractivity contribution is -0.145. The van der Waals surface area contributed by atoms with Crippen molar-refractivity contribution in [1.82, 2.24) is 9.80 Å². The van der Waals surface area contributed by atoms with Gasteiger partial charge < -0.3 is 14.9 Å². The maximum Gasteiger partial charge on any atom is 0.251 e. The van der Waals surface area contributed by atoms with Crippen molar-refractivity contribution in [2.45, 2.75) is 44.6 Å². The Morgan fingerprint density at radius 3 is 2.81 bits per heavy atom. The summed E-state index contributed by atoms with van der Waals surface area (Å²) in [5, 5.41) is 18.4. The topological polar surface area (TPSA) is 84.6 Å². The Morgan fingerprint density at radius 1 is 1.38 bits per heavy atom. The second-order valence-electron chi connectivity index (χ2n) is 5.96. The van der Waals surface area contributed by atoms with Gasteiger partial charge in [0.1, 0.15) is 6.10 Å². The van der Waals surface area contributed by atoms with Crippen LogP contribution in [-0.4, -0.2) is 59.0 Å². The molecule has 0 radical (unpaired) electrons. The summed E-state index contributed by atoms with van der Waals surface area (Å²) in [4.78, 5) is 27.6. The quantitative estimate of drug-likeness (QED) is 0.773. The summed E-state index contributed by atoms with van der Waals surface area (Å²) < 4.78 is 0. The second kappa shape index (κ2) is 7.41. The SMILES string of the molecule is N#CCCN(CC1CC1)C(=O)CN1CCCCC(O)C1=O. The van der Waals surface area contributed by atoms with Gasteiger partial charge in [-0.2, -0.15) is 5.26 Å². The van der Waals surface area contributed by atoms with Crippen molar-refractivity contribution in [3.05, 3.63) is 0 Å². The van der Waals surface area contributed by atoms with Gasteiger partial charge in [0.25, 0.3) is 5.91 Å². The number of likely N-dealkylation sites (tertiary alicyclic amines) is 1. The number of carbonyl (C=O) groups is 2. The fourth-order valence-corrected chi connectivity index (χ4v) is 2.62. The van der Waals surface area contributed by atoms with E-state index in [0.29, 0.717) is 38.4 Å². The summed E-state index contributed by atoms with van der Waals surface area (Å²) in [6.07, 6.45) is 3.71. The minimum Gasteiger partial charge on any atom is -0.383 e. The number of carbonyl (C=O) groups excluding carboxylic acids is 2. The molecule has 1 saturated heterocycles. The van der Waals surface area contributed by atoms with Crippen molar-refractivity contribution in [1.29, 1.82) is 5.26 Å². The third-order valence-corrected chi connectivity index (χ3v) is 4.10. The van der Waals surface area contributed by atoms with Crippen LogP contribution in [0.3, 0.4) is 0 Å². The van der Waals surface area contributed by atoms with Gasteiger partial charge in [0.2, 0.25) is 5.91 Å². The van der Waals surface area contributed by atoms with E-state index >= 15 is 0 Å². The molecule has 2 amide bonds. The molecule has 1 heterocycles. The minimum atomic E-state index is -0.976. The van der Waals surface area contributed by atoms with Crippen molar-refractivity contribution in [2.24, 2.45) is 5.92 Å². The first kappa shape index (κ1) is 15.8. The van der Waals surface area contributed by atoms with E-state index in [1.165, 1.54) is 4.90 Å². The van der Waals surface area contributed by atoms with Crippen LogP contribution in [0.4, 0.5) is 0 Å². The third-order valence-electron chi connectivity index (χ3n) is 4.10. The number of hydrogen-bond acceptors (Lipinski definition) is 4. The molecule has 0 aromatic heterocycles. The lowest BCUT2D eigenvalue weighted by Crippen LogP contribution is -2.46. The average Bonchev–Trinajstić information content (AvgIpc) is 3.29. The molecule has 1 N–H and O–H groups in total. The highest BCUT2D eigenvalue weighted by atomic mass is 16.3. The molecule has 116 valence electrons. The zero-order valence-electron chi connectivity index (χ0n) is 12.3. The van der Waals surface area contributed by atoms with E-state index in [1.54, 1.807) is 4.90 Å². The van der Waals surface area contributed by atoms with Crippen LogP contribution >= 0.6 is 0 Å². The van der Waals surface area contributed by atoms with Crippen LogP contribution in [0.2, 0.25) is 0 Å². The van der Waals surface area contributed by atoms with Crippen molar-refractivity contribution in [3.63, 3.8) is 0 Å². The first-order valence-electron chi connectivity index (χ1n) is 7.73. The molecule has 1 aliphatic carbocycles. The van der Waals surface area contributed by atoms with E-state index < -0.39 is 6.10 Å². The lowest BCUT2D eigenvalue weighted by Gasteiger charge is -2.27. The molecule has 1 saturated carbocycles. The second-order valence-corrected chi connectivity index (χ2v) is 5.96. The molecule has 2 rings (SSSR count). The number of aliphatic hydroxyl groups is 1. The van der Waals surface area contributed by atoms with E-state index in [-0.39, 0.29) is 18.4 Å². The van der Waals surface area contributed by atoms with Gasteiger partial charge in [-0.1, -0.05) is 0 Å². The van der Waals surface area contributed by atoms with Crippen LogP contribution in [0, 0.1) is 17.2 Å². The zero-order valence-corrected chi connectivity index (χ0v) is 12.3. The first-order chi connectivity index (χ1) is 10.1. The van der Waals surface area contributed by atoms with Crippen molar-refractivity contribution in [3.8, 4) is 6.07 Å². The molecule has 0 aromatic rings. The Bertz CT molecular complexity index is 428. The summed E-state index contributed by atoms with van der Waals surface area (Å²) in [7, 11) is 0. The largest absolute Gasteiger partial charge is 0.383 e. The van der Waals surface area contributed by atoms with Crippen LogP contribution in [0.5, 0.6) is 0 Å². The summed E-state index contributed by atoms with van der Waals surface area (Å²) in [5.41, 5.74) is 0. The van der Waals surface area contributed by atoms with E-state index in [9.17, 15) is 14.7 Å². The highest BCUT2D eigenvalue weighted by Crippen LogP contribution is 2.29. The fraction of sp³-hybridized carbons (Fsp3) is 0.800. The van der Waals surface area contributed by atoms with Gasteiger partial charge >= 0.3 is 0 Å². The molecule has 0 spiro atoms. The molecule has 1 aliphatic heterocycles. The van der Waals surface area contributed by atoms with E-state index in [0.717, 1.165) is 25.7 Å². The molecule has 1 unspecified atom stereocenters. The predicted octanol–water partition coefficient (Wildman–Crippen LogP) is 0.512. The molecule has 6 heteroatoms. The van der Waals surface area contributed by atoms with Gasteiger partial charge in [0, 0.05) is 19.6 Å². The summed E-state index contributed by atoms with van der Waals surface area (Å²) in [5.74, 6) is 0.102. The molecule has 21 heavy (non-hydrogen) atoms. The molecule has 6 nitrogen and oxygen atoms in total. The van der Waals surface area contributed by atoms with Crippen molar-refractivity contribution >= 4 is 11.8 Å². The molecule has 0 aromatic carbocycles. The van der Waals surface area contributed by atoms with E-state index in [4.69, 9.17) is 5.26 Å². The number of nitrogens with zero attached hydrogens (tertiary/aromatic N) is 3. The number of amides is 2. The van der Waals surface area contributed by atoms with E-state index in [1.807, 2.05) is 0 Å². The van der Waals surface area contributed by atoms with Crippen LogP contribution in [0.25, 0.3) is 0 Å². The van der Waals surface area contributed by atoms with Gasteiger partial charge in [0.05, 0.1) is 19.0 Å². The monoisotopic (exact) mass is 293 g/mol. The van der Waals surface area contributed by atoms with Crippen LogP contribution in [0.15, 0.2) is 0 Å². The molecular weight excluding hydrogens is 270 g/mol. The van der Waals surface area contributed by atoms with E-state index in [2.05, 4.69) is 6.07 Å². The molecule has 1 atom stereocenters. The van der Waals surface area contributed by atoms with Crippen molar-refractivity contribution in [2.75, 3.05) is 26.2 Å². The maximum absolute atomic E-state index is 12.4. The van der Waals surface area contributed by atoms with Gasteiger partial charge in [0.15, 0.2) is 0 Å². The molecule has 2 fully saturated rings. The normalized spacial score (nSPS) is 22.6. The first-order valence-corrected chi connectivity index (χ1v) is 7.73. The Hall–Kier alpha value is -1.61. The standard InChI is InChI=1S/C15H23N3O3/c16-7-3-9-17(10-12-5-6-12)14(20)11-18-8-2-1-4-13(19)15(18)21/h12-13,19H,1-6,8-11H2. The third kappa shape index (κ3) is 4.71. The van der Waals surface area contributed by atoms with Crippen LogP contribution in [-0.2, 0) is 9.59 Å². The number of rotatable bonds is 6. The van der Waals surface area contributed by atoms with Crippen LogP contribution < -0.4 is 0 Å². The Kier molecular flexibility index (Phi) is 5.57. The predicted molar refractivity (Wildman–Crippen MR) is 76.0 cm³/mol. The fourth-order valence-electron chi connectivity index (χ4n) is 2.62. The number of aliphatic hydroxyl groups excluding tert-OH is 1. The summed E-state index contributed by atoms with van der Waals surface area (Å²) in [6.45, 7) is 1.66. The Labute approximate surface area is 125 Å². The Morgan fingerprint density at radius 2 is 2.14 bits per heavy atom. The minimum absolute atomic E-state index is 0.0219. The van der Waals surface area contributed by atoms with Crippen LogP contribution in [0.1, 0.15) is 38.5 Å². The molecule has 2 aliphatic rings. The Balaban J connectivity index is 1.92. The zero-order chi connectivity index (χ0) is 15.2. The van der Waals surface area contributed by atoms with Gasteiger partial charge in [-0.3, -0.25) is 9.59 Å². The van der Waals surface area contributed by atoms with Crippen molar-refractivity contribution < 1.29 is 14.7 Å². The molecular formula is C15H23N3O3. The van der Waals surface area contributed by atoms with Gasteiger partial charge in [-0.25, -0.2) is 0 Å².